The third kappa shape index (κ3) is 3.82. The van der Waals surface area contributed by atoms with E-state index in [1.54, 1.807) is 0 Å². The van der Waals surface area contributed by atoms with E-state index >= 15 is 0 Å². The summed E-state index contributed by atoms with van der Waals surface area (Å²) >= 11 is -2.28. The van der Waals surface area contributed by atoms with Crippen LogP contribution in [0.5, 0.6) is 0 Å². The van der Waals surface area contributed by atoms with Crippen molar-refractivity contribution in [1.29, 1.82) is 0 Å². The fraction of sp³-hybridized carbons (Fsp3) is 0.167. The molecule has 52 heavy (non-hydrogen) atoms. The van der Waals surface area contributed by atoms with E-state index in [1.807, 2.05) is 19.9 Å². The van der Waals surface area contributed by atoms with Crippen molar-refractivity contribution in [3.63, 3.8) is 0 Å². The first-order valence-corrected chi connectivity index (χ1v) is 25.8. The van der Waals surface area contributed by atoms with Crippen molar-refractivity contribution >= 4 is 71.9 Å². The first-order valence-electron chi connectivity index (χ1n) is 19.5. The molecule has 3 aromatic heterocycles. The van der Waals surface area contributed by atoms with Crippen molar-refractivity contribution in [3.8, 4) is 22.5 Å². The van der Waals surface area contributed by atoms with E-state index in [2.05, 4.69) is 154 Å². The molecule has 0 bridgehead atoms. The van der Waals surface area contributed by atoms with Gasteiger partial charge in [-0.3, -0.25) is 0 Å². The molecule has 0 amide bonds. The summed E-state index contributed by atoms with van der Waals surface area (Å²) in [7, 11) is 0. The first kappa shape index (κ1) is 28.3. The molecule has 11 rings (SSSR count). The van der Waals surface area contributed by atoms with Crippen LogP contribution in [0.1, 0.15) is 33.3 Å². The van der Waals surface area contributed by atoms with Gasteiger partial charge in [0.2, 0.25) is 0 Å². The SMILES string of the molecule is [2H]C([2H])(c1cc[n+]2c(c1)-c1c(ccc3c1oc1ccc4c5ccccc5c5ccccc5c4c13)C21c2ccccc2-c2cc[c]([Ge]([CH3])([CH3])[CH3])c[n+]21)C(C)C. The molecule has 3 nitrogen and oxygen atoms in total. The summed E-state index contributed by atoms with van der Waals surface area (Å²) in [5, 5.41) is 9.56. The van der Waals surface area contributed by atoms with E-state index in [-0.39, 0.29) is 5.92 Å². The Bertz CT molecular complexity index is 3080. The fourth-order valence-corrected chi connectivity index (χ4v) is 11.8. The standard InChI is InChI=1S/C48H40GeN2O/c1-29(2)26-30-24-25-50-42(27-30)46-40(48(50)39-17-11-10-16-37(39)41-22-18-31(28-51(41)48)49(3,4)5)21-19-38-45-43(52-47(38)46)23-20-36-34-14-7-6-12-32(34)33-13-8-9-15-35(33)44(36)45/h6-25,27-29H,26H2,1-5H3/q+2/i26D2. The van der Waals surface area contributed by atoms with E-state index in [0.717, 1.165) is 38.8 Å². The average molecular weight is 735 g/mol. The summed E-state index contributed by atoms with van der Waals surface area (Å²) < 4.78 is 31.9. The molecule has 4 heteroatoms. The van der Waals surface area contributed by atoms with Gasteiger partial charge in [-0.15, -0.1) is 0 Å². The van der Waals surface area contributed by atoms with Gasteiger partial charge in [0.1, 0.15) is 0 Å². The Balaban J connectivity index is 1.33. The predicted molar refractivity (Wildman–Crippen MR) is 217 cm³/mol. The number of pyridine rings is 2. The molecule has 0 N–H and O–H groups in total. The van der Waals surface area contributed by atoms with Crippen molar-refractivity contribution in [2.24, 2.45) is 5.92 Å². The average Bonchev–Trinajstić information content (AvgIpc) is 3.81. The Hall–Kier alpha value is -5.26. The molecule has 5 heterocycles. The van der Waals surface area contributed by atoms with Crippen LogP contribution >= 0.6 is 0 Å². The van der Waals surface area contributed by atoms with Crippen LogP contribution in [0.2, 0.25) is 17.3 Å². The van der Waals surface area contributed by atoms with Crippen LogP contribution in [0, 0.1) is 5.92 Å². The van der Waals surface area contributed by atoms with Crippen LogP contribution in [0.15, 0.2) is 138 Å². The number of nitrogens with zero attached hydrogens (tertiary/aromatic N) is 2. The summed E-state index contributed by atoms with van der Waals surface area (Å²) in [5.74, 6) is 7.16. The molecule has 0 saturated carbocycles. The summed E-state index contributed by atoms with van der Waals surface area (Å²) in [5.41, 5.74) is 8.41. The van der Waals surface area contributed by atoms with E-state index in [0.29, 0.717) is 5.56 Å². The Kier molecular flexibility index (Phi) is 5.68. The van der Waals surface area contributed by atoms with E-state index < -0.39 is 25.3 Å². The molecule has 1 atom stereocenters. The van der Waals surface area contributed by atoms with Crippen LogP contribution in [-0.4, -0.2) is 13.3 Å². The Morgan fingerprint density at radius 2 is 1.33 bits per heavy atom. The predicted octanol–water partition coefficient (Wildman–Crippen LogP) is 10.6. The molecule has 9 aromatic rings. The molecular formula is C48H40GeN2O+2. The van der Waals surface area contributed by atoms with E-state index in [1.165, 1.54) is 53.5 Å². The second-order valence-electron chi connectivity index (χ2n) is 16.0. The zero-order valence-corrected chi connectivity index (χ0v) is 32.2. The summed E-state index contributed by atoms with van der Waals surface area (Å²) in [6.45, 7) is 3.93. The summed E-state index contributed by atoms with van der Waals surface area (Å²) in [6.07, 6.45) is 3.05. The van der Waals surface area contributed by atoms with Gasteiger partial charge >= 0.3 is 262 Å². The van der Waals surface area contributed by atoms with Crippen LogP contribution in [-0.2, 0) is 12.0 Å². The van der Waals surface area contributed by atoms with Crippen molar-refractivity contribution in [2.75, 3.05) is 0 Å². The number of benzene rings is 6. The summed E-state index contributed by atoms with van der Waals surface area (Å²) in [6, 6.07) is 44.1. The van der Waals surface area contributed by atoms with Gasteiger partial charge in [0.15, 0.2) is 0 Å². The third-order valence-electron chi connectivity index (χ3n) is 11.6. The number of hydrogen-bond acceptors (Lipinski definition) is 1. The minimum atomic E-state index is -2.28. The number of furan rings is 1. The third-order valence-corrected chi connectivity index (χ3v) is 15.9. The zero-order chi connectivity index (χ0) is 36.9. The second kappa shape index (κ2) is 10.4. The summed E-state index contributed by atoms with van der Waals surface area (Å²) in [4.78, 5) is 0. The van der Waals surface area contributed by atoms with E-state index in [9.17, 15) is 2.74 Å². The molecular weight excluding hydrogens is 693 g/mol. The molecule has 0 fully saturated rings. The van der Waals surface area contributed by atoms with Crippen LogP contribution < -0.4 is 13.5 Å². The number of rotatable bonds is 3. The molecule has 1 spiro atoms. The Labute approximate surface area is 308 Å². The van der Waals surface area contributed by atoms with Gasteiger partial charge in [-0.2, -0.15) is 0 Å². The topological polar surface area (TPSA) is 20.9 Å². The van der Waals surface area contributed by atoms with Crippen molar-refractivity contribution in [2.45, 2.75) is 43.2 Å². The first-order chi connectivity index (χ1) is 26.0. The molecule has 0 aliphatic carbocycles. The fourth-order valence-electron chi connectivity index (χ4n) is 9.49. The van der Waals surface area contributed by atoms with Crippen LogP contribution in [0.3, 0.4) is 0 Å². The number of aromatic nitrogens is 2. The molecule has 0 saturated heterocycles. The van der Waals surface area contributed by atoms with Gasteiger partial charge in [0, 0.05) is 0 Å². The second-order valence-corrected chi connectivity index (χ2v) is 26.7. The molecule has 1 unspecified atom stereocenters. The van der Waals surface area contributed by atoms with Gasteiger partial charge in [-0.25, -0.2) is 0 Å². The van der Waals surface area contributed by atoms with Crippen LogP contribution in [0.25, 0.3) is 76.8 Å². The van der Waals surface area contributed by atoms with Gasteiger partial charge < -0.3 is 0 Å². The van der Waals surface area contributed by atoms with Gasteiger partial charge in [0.05, 0.1) is 0 Å². The van der Waals surface area contributed by atoms with E-state index in [4.69, 9.17) is 4.42 Å². The van der Waals surface area contributed by atoms with Crippen molar-refractivity contribution in [3.05, 3.63) is 150 Å². The molecule has 250 valence electrons. The number of hydrogen-bond donors (Lipinski definition) is 0. The van der Waals surface area contributed by atoms with Gasteiger partial charge in [0.25, 0.3) is 0 Å². The molecule has 6 aromatic carbocycles. The molecule has 0 radical (unpaired) electrons. The molecule has 2 aliphatic heterocycles. The molecule has 2 aliphatic rings. The van der Waals surface area contributed by atoms with Gasteiger partial charge in [-0.05, 0) is 5.39 Å². The minimum absolute atomic E-state index is 0.199. The number of fused-ring (bicyclic) bond motifs is 21. The van der Waals surface area contributed by atoms with Crippen molar-refractivity contribution < 1.29 is 16.3 Å². The quantitative estimate of drug-likeness (QED) is 0.101. The monoisotopic (exact) mass is 736 g/mol. The Morgan fingerprint density at radius 3 is 2.08 bits per heavy atom. The zero-order valence-electron chi connectivity index (χ0n) is 32.1. The maximum absolute atomic E-state index is 9.22. The maximum atomic E-state index is 9.22. The Morgan fingerprint density at radius 1 is 0.654 bits per heavy atom. The van der Waals surface area contributed by atoms with Gasteiger partial charge in [-0.1, -0.05) is 42.5 Å². The normalized spacial score (nSPS) is 17.0. The van der Waals surface area contributed by atoms with Crippen molar-refractivity contribution in [1.82, 2.24) is 0 Å². The van der Waals surface area contributed by atoms with Crippen LogP contribution in [0.4, 0.5) is 0 Å².